The molecule has 0 unspecified atom stereocenters. The van der Waals surface area contributed by atoms with Crippen LogP contribution in [0.4, 0.5) is 0 Å². The Morgan fingerprint density at radius 2 is 1.77 bits per heavy atom. The number of carbonyl (C=O) groups is 1. The molecule has 22 heavy (non-hydrogen) atoms. The summed E-state index contributed by atoms with van der Waals surface area (Å²) in [6.07, 6.45) is 2.42. The second-order valence-corrected chi connectivity index (χ2v) is 5.90. The molecule has 0 aliphatic heterocycles. The van der Waals surface area contributed by atoms with E-state index in [0.29, 0.717) is 31.9 Å². The van der Waals surface area contributed by atoms with Gasteiger partial charge in [-0.15, -0.1) is 0 Å². The van der Waals surface area contributed by atoms with E-state index in [9.17, 15) is 4.79 Å². The SMILES string of the molecule is COc1ccc(-c2cc(Cl)c(Cl)cc2Cl)c2c(C=O)c[nH]c12. The van der Waals surface area contributed by atoms with Gasteiger partial charge in [0.05, 0.1) is 27.7 Å². The van der Waals surface area contributed by atoms with Crippen LogP contribution in [0, 0.1) is 0 Å². The van der Waals surface area contributed by atoms with Gasteiger partial charge in [0.2, 0.25) is 0 Å². The first-order chi connectivity index (χ1) is 10.6. The van der Waals surface area contributed by atoms with Gasteiger partial charge in [-0.2, -0.15) is 0 Å². The molecule has 0 radical (unpaired) electrons. The Balaban J connectivity index is 2.39. The minimum absolute atomic E-state index is 0.379. The van der Waals surface area contributed by atoms with Gasteiger partial charge in [0.1, 0.15) is 5.75 Å². The minimum atomic E-state index is 0.379. The van der Waals surface area contributed by atoms with Crippen molar-refractivity contribution >= 4 is 52.0 Å². The fourth-order valence-corrected chi connectivity index (χ4v) is 3.11. The number of rotatable bonds is 3. The highest BCUT2D eigenvalue weighted by atomic mass is 35.5. The van der Waals surface area contributed by atoms with Crippen molar-refractivity contribution in [2.45, 2.75) is 0 Å². The number of benzene rings is 2. The lowest BCUT2D eigenvalue weighted by molar-refractivity contribution is 0.112. The molecule has 1 aromatic heterocycles. The zero-order chi connectivity index (χ0) is 15.9. The predicted octanol–water partition coefficient (Wildman–Crippen LogP) is 5.62. The van der Waals surface area contributed by atoms with Gasteiger partial charge in [-0.1, -0.05) is 34.8 Å². The average molecular weight is 355 g/mol. The molecule has 0 aliphatic carbocycles. The Labute approximate surface area is 141 Å². The summed E-state index contributed by atoms with van der Waals surface area (Å²) in [5.41, 5.74) is 2.73. The third-order valence-electron chi connectivity index (χ3n) is 3.47. The molecule has 112 valence electrons. The summed E-state index contributed by atoms with van der Waals surface area (Å²) < 4.78 is 5.32. The first-order valence-electron chi connectivity index (χ1n) is 6.35. The van der Waals surface area contributed by atoms with Gasteiger partial charge in [0, 0.05) is 22.7 Å². The molecule has 0 fully saturated rings. The molecule has 0 spiro atoms. The fourth-order valence-electron chi connectivity index (χ4n) is 2.47. The lowest BCUT2D eigenvalue weighted by Gasteiger charge is -2.11. The van der Waals surface area contributed by atoms with Crippen molar-refractivity contribution in [3.8, 4) is 16.9 Å². The molecule has 1 heterocycles. The van der Waals surface area contributed by atoms with Gasteiger partial charge < -0.3 is 9.72 Å². The first-order valence-corrected chi connectivity index (χ1v) is 7.48. The normalized spacial score (nSPS) is 10.9. The highest BCUT2D eigenvalue weighted by Gasteiger charge is 2.17. The molecular weight excluding hydrogens is 345 g/mol. The number of aldehydes is 1. The van der Waals surface area contributed by atoms with Crippen LogP contribution in [-0.2, 0) is 0 Å². The van der Waals surface area contributed by atoms with E-state index in [1.54, 1.807) is 25.4 Å². The molecule has 3 nitrogen and oxygen atoms in total. The Hall–Kier alpha value is -1.68. The number of halogens is 3. The summed E-state index contributed by atoms with van der Waals surface area (Å²) in [6.45, 7) is 0. The molecule has 6 heteroatoms. The Morgan fingerprint density at radius 3 is 2.45 bits per heavy atom. The van der Waals surface area contributed by atoms with Gasteiger partial charge in [-0.05, 0) is 29.8 Å². The Bertz CT molecular complexity index is 887. The number of aromatic amines is 1. The highest BCUT2D eigenvalue weighted by molar-refractivity contribution is 6.44. The quantitative estimate of drug-likeness (QED) is 0.490. The summed E-state index contributed by atoms with van der Waals surface area (Å²) >= 11 is 18.4. The van der Waals surface area contributed by atoms with Crippen LogP contribution in [0.15, 0.2) is 30.5 Å². The lowest BCUT2D eigenvalue weighted by atomic mass is 9.99. The third-order valence-corrected chi connectivity index (χ3v) is 4.51. The molecule has 2 aromatic carbocycles. The molecule has 0 aliphatic rings. The summed E-state index contributed by atoms with van der Waals surface area (Å²) in [7, 11) is 1.57. The molecule has 0 saturated carbocycles. The summed E-state index contributed by atoms with van der Waals surface area (Å²) in [5.74, 6) is 0.642. The highest BCUT2D eigenvalue weighted by Crippen LogP contribution is 2.41. The maximum Gasteiger partial charge on any atom is 0.152 e. The number of carbonyl (C=O) groups excluding carboxylic acids is 1. The first kappa shape index (κ1) is 15.2. The van der Waals surface area contributed by atoms with Crippen LogP contribution in [0.1, 0.15) is 10.4 Å². The number of hydrogen-bond donors (Lipinski definition) is 1. The molecule has 3 rings (SSSR count). The molecule has 1 N–H and O–H groups in total. The van der Waals surface area contributed by atoms with Crippen molar-refractivity contribution in [1.82, 2.24) is 4.98 Å². The second kappa shape index (κ2) is 5.84. The molecule has 0 saturated heterocycles. The van der Waals surface area contributed by atoms with Crippen LogP contribution in [-0.4, -0.2) is 18.4 Å². The lowest BCUT2D eigenvalue weighted by Crippen LogP contribution is -1.89. The molecule has 3 aromatic rings. The van der Waals surface area contributed by atoms with E-state index in [0.717, 1.165) is 22.8 Å². The largest absolute Gasteiger partial charge is 0.495 e. The standard InChI is InChI=1S/C16H10Cl3NO2/c1-22-14-3-2-9(15-8(7-21)6-20-16(14)15)10-4-12(18)13(19)5-11(10)17/h2-7,20H,1H3. The van der Waals surface area contributed by atoms with E-state index in [2.05, 4.69) is 4.98 Å². The minimum Gasteiger partial charge on any atom is -0.495 e. The predicted molar refractivity (Wildman–Crippen MR) is 90.7 cm³/mol. The van der Waals surface area contributed by atoms with Crippen LogP contribution >= 0.6 is 34.8 Å². The van der Waals surface area contributed by atoms with E-state index in [1.165, 1.54) is 0 Å². The number of ether oxygens (including phenoxy) is 1. The number of methoxy groups -OCH3 is 1. The van der Waals surface area contributed by atoms with Crippen molar-refractivity contribution in [2.24, 2.45) is 0 Å². The number of hydrogen-bond acceptors (Lipinski definition) is 2. The van der Waals surface area contributed by atoms with Crippen LogP contribution in [0.25, 0.3) is 22.0 Å². The molecule has 0 bridgehead atoms. The Kier molecular flexibility index (Phi) is 4.04. The average Bonchev–Trinajstić information content (AvgIpc) is 2.94. The number of nitrogens with one attached hydrogen (secondary N) is 1. The Morgan fingerprint density at radius 1 is 1.05 bits per heavy atom. The summed E-state index contributed by atoms with van der Waals surface area (Å²) in [5, 5.41) is 1.96. The van der Waals surface area contributed by atoms with Crippen molar-refractivity contribution in [1.29, 1.82) is 0 Å². The smallest absolute Gasteiger partial charge is 0.152 e. The maximum atomic E-state index is 11.3. The van der Waals surface area contributed by atoms with Gasteiger partial charge in [0.25, 0.3) is 0 Å². The van der Waals surface area contributed by atoms with Gasteiger partial charge in [0.15, 0.2) is 6.29 Å². The summed E-state index contributed by atoms with van der Waals surface area (Å²) in [4.78, 5) is 14.4. The van der Waals surface area contributed by atoms with E-state index in [4.69, 9.17) is 39.5 Å². The number of aromatic nitrogens is 1. The zero-order valence-electron chi connectivity index (χ0n) is 11.4. The van der Waals surface area contributed by atoms with Gasteiger partial charge in [-0.25, -0.2) is 0 Å². The number of fused-ring (bicyclic) bond motifs is 1. The van der Waals surface area contributed by atoms with E-state index in [-0.39, 0.29) is 0 Å². The van der Waals surface area contributed by atoms with Crippen LogP contribution < -0.4 is 4.74 Å². The van der Waals surface area contributed by atoms with Gasteiger partial charge in [-0.3, -0.25) is 4.79 Å². The molecule has 0 amide bonds. The third kappa shape index (κ3) is 2.35. The van der Waals surface area contributed by atoms with Crippen LogP contribution in [0.3, 0.4) is 0 Å². The van der Waals surface area contributed by atoms with Crippen molar-refractivity contribution in [3.63, 3.8) is 0 Å². The van der Waals surface area contributed by atoms with Crippen LogP contribution in [0.5, 0.6) is 5.75 Å². The van der Waals surface area contributed by atoms with Gasteiger partial charge >= 0.3 is 0 Å². The van der Waals surface area contributed by atoms with Crippen molar-refractivity contribution in [2.75, 3.05) is 7.11 Å². The van der Waals surface area contributed by atoms with E-state index >= 15 is 0 Å². The second-order valence-electron chi connectivity index (χ2n) is 4.67. The topological polar surface area (TPSA) is 42.1 Å². The number of H-pyrrole nitrogens is 1. The van der Waals surface area contributed by atoms with Crippen molar-refractivity contribution in [3.05, 3.63) is 51.1 Å². The van der Waals surface area contributed by atoms with E-state index in [1.807, 2.05) is 12.1 Å². The van der Waals surface area contributed by atoms with Crippen LogP contribution in [0.2, 0.25) is 15.1 Å². The zero-order valence-corrected chi connectivity index (χ0v) is 13.7. The fraction of sp³-hybridized carbons (Fsp3) is 0.0625. The maximum absolute atomic E-state index is 11.3. The molecule has 0 atom stereocenters. The van der Waals surface area contributed by atoms with Crippen molar-refractivity contribution < 1.29 is 9.53 Å². The van der Waals surface area contributed by atoms with E-state index < -0.39 is 0 Å². The monoisotopic (exact) mass is 353 g/mol. The molecular formula is C16H10Cl3NO2. The summed E-state index contributed by atoms with van der Waals surface area (Å²) in [6, 6.07) is 6.92.